The number of hydrogen-bond donors (Lipinski definition) is 0. The molecule has 0 fully saturated rings. The Morgan fingerprint density at radius 1 is 1.04 bits per heavy atom. The largest absolute Gasteiger partial charge is 0.497 e. The van der Waals surface area contributed by atoms with Crippen molar-refractivity contribution in [2.45, 2.75) is 0 Å². The van der Waals surface area contributed by atoms with Gasteiger partial charge in [0.05, 0.1) is 14.2 Å². The van der Waals surface area contributed by atoms with Crippen molar-refractivity contribution in [2.75, 3.05) is 14.2 Å². The van der Waals surface area contributed by atoms with E-state index in [0.717, 1.165) is 10.9 Å². The van der Waals surface area contributed by atoms with Crippen molar-refractivity contribution in [2.24, 2.45) is 0 Å². The van der Waals surface area contributed by atoms with E-state index in [1.807, 2.05) is 36.4 Å². The third kappa shape index (κ3) is 3.11. The highest BCUT2D eigenvalue weighted by Gasteiger charge is 2.09. The average molecular weight is 308 g/mol. The van der Waals surface area contributed by atoms with Crippen LogP contribution < -0.4 is 9.47 Å². The van der Waals surface area contributed by atoms with E-state index in [4.69, 9.17) is 13.9 Å². The van der Waals surface area contributed by atoms with Crippen molar-refractivity contribution in [1.82, 2.24) is 0 Å². The van der Waals surface area contributed by atoms with Crippen molar-refractivity contribution in [3.05, 3.63) is 65.9 Å². The van der Waals surface area contributed by atoms with Gasteiger partial charge in [-0.3, -0.25) is 4.79 Å². The third-order valence-corrected chi connectivity index (χ3v) is 3.52. The Kier molecular flexibility index (Phi) is 4.15. The molecule has 0 radical (unpaired) electrons. The van der Waals surface area contributed by atoms with Gasteiger partial charge in [-0.1, -0.05) is 18.2 Å². The van der Waals surface area contributed by atoms with E-state index in [9.17, 15) is 4.79 Å². The first-order valence-electron chi connectivity index (χ1n) is 7.14. The molecule has 0 amide bonds. The minimum atomic E-state index is -0.195. The molecule has 0 aliphatic heterocycles. The Morgan fingerprint density at radius 3 is 2.61 bits per heavy atom. The summed E-state index contributed by atoms with van der Waals surface area (Å²) in [6.07, 6.45) is 3.18. The molecule has 0 atom stereocenters. The summed E-state index contributed by atoms with van der Waals surface area (Å²) in [6.45, 7) is 0. The number of benzene rings is 2. The van der Waals surface area contributed by atoms with Crippen LogP contribution in [0, 0.1) is 0 Å². The molecule has 0 saturated heterocycles. The van der Waals surface area contributed by atoms with E-state index in [1.165, 1.54) is 6.08 Å². The number of allylic oxidation sites excluding steroid dienone is 1. The Labute approximate surface area is 133 Å². The minimum absolute atomic E-state index is 0.195. The van der Waals surface area contributed by atoms with Gasteiger partial charge in [-0.05, 0) is 36.4 Å². The van der Waals surface area contributed by atoms with Crippen LogP contribution >= 0.6 is 0 Å². The smallest absolute Gasteiger partial charge is 0.221 e. The molecule has 1 heterocycles. The fraction of sp³-hybridized carbons (Fsp3) is 0.105. The third-order valence-electron chi connectivity index (χ3n) is 3.52. The van der Waals surface area contributed by atoms with Gasteiger partial charge in [-0.25, -0.2) is 0 Å². The first kappa shape index (κ1) is 14.9. The zero-order valence-electron chi connectivity index (χ0n) is 12.9. The number of ether oxygens (including phenoxy) is 2. The van der Waals surface area contributed by atoms with Crippen LogP contribution in [0.2, 0.25) is 0 Å². The zero-order chi connectivity index (χ0) is 16.2. The molecule has 0 N–H and O–H groups in total. The fourth-order valence-electron chi connectivity index (χ4n) is 2.31. The first-order valence-corrected chi connectivity index (χ1v) is 7.14. The van der Waals surface area contributed by atoms with E-state index < -0.39 is 0 Å². The van der Waals surface area contributed by atoms with E-state index >= 15 is 0 Å². The number of carbonyl (C=O) groups is 1. The SMILES string of the molecule is COc1ccc(/C=C/C(=O)c2cc3ccccc3o2)c(OC)c1. The number of para-hydroxylation sites is 1. The maximum atomic E-state index is 12.3. The molecule has 23 heavy (non-hydrogen) atoms. The highest BCUT2D eigenvalue weighted by Crippen LogP contribution is 2.26. The molecule has 116 valence electrons. The number of ketones is 1. The van der Waals surface area contributed by atoms with Gasteiger partial charge in [0.2, 0.25) is 5.78 Å². The summed E-state index contributed by atoms with van der Waals surface area (Å²) >= 11 is 0. The summed E-state index contributed by atoms with van der Waals surface area (Å²) in [5.41, 5.74) is 1.49. The molecular weight excluding hydrogens is 292 g/mol. The lowest BCUT2D eigenvalue weighted by molar-refractivity contribution is 0.102. The molecule has 1 aromatic heterocycles. The Hall–Kier alpha value is -3.01. The van der Waals surface area contributed by atoms with Gasteiger partial charge in [-0.15, -0.1) is 0 Å². The molecule has 0 aliphatic carbocycles. The monoisotopic (exact) mass is 308 g/mol. The number of furan rings is 1. The van der Waals surface area contributed by atoms with Gasteiger partial charge in [0.1, 0.15) is 17.1 Å². The standard InChI is InChI=1S/C19H16O4/c1-21-15-9-7-13(18(12-15)22-2)8-10-16(20)19-11-14-5-3-4-6-17(14)23-19/h3-12H,1-2H3/b10-8+. The quantitative estimate of drug-likeness (QED) is 0.519. The van der Waals surface area contributed by atoms with Crippen LogP contribution in [0.3, 0.4) is 0 Å². The normalized spacial score (nSPS) is 11.0. The van der Waals surface area contributed by atoms with Crippen molar-refractivity contribution >= 4 is 22.8 Å². The summed E-state index contributed by atoms with van der Waals surface area (Å²) in [7, 11) is 3.17. The van der Waals surface area contributed by atoms with Crippen LogP contribution in [0.25, 0.3) is 17.0 Å². The molecule has 3 aromatic rings. The number of carbonyl (C=O) groups excluding carboxylic acids is 1. The molecule has 3 rings (SSSR count). The van der Waals surface area contributed by atoms with Crippen LogP contribution in [0.15, 0.2) is 59.0 Å². The molecule has 0 aliphatic rings. The lowest BCUT2D eigenvalue weighted by Gasteiger charge is -2.06. The molecule has 0 bridgehead atoms. The maximum absolute atomic E-state index is 12.3. The predicted molar refractivity (Wildman–Crippen MR) is 89.1 cm³/mol. The highest BCUT2D eigenvalue weighted by molar-refractivity contribution is 6.07. The van der Waals surface area contributed by atoms with Gasteiger partial charge >= 0.3 is 0 Å². The van der Waals surface area contributed by atoms with E-state index in [0.29, 0.717) is 22.8 Å². The van der Waals surface area contributed by atoms with Crippen LogP contribution in [0.1, 0.15) is 16.1 Å². The van der Waals surface area contributed by atoms with Gasteiger partial charge < -0.3 is 13.9 Å². The summed E-state index contributed by atoms with van der Waals surface area (Å²) in [6, 6.07) is 14.7. The summed E-state index contributed by atoms with van der Waals surface area (Å²) in [5, 5.41) is 0.909. The molecule has 0 saturated carbocycles. The van der Waals surface area contributed by atoms with Crippen molar-refractivity contribution < 1.29 is 18.7 Å². The second-order valence-electron chi connectivity index (χ2n) is 4.95. The van der Waals surface area contributed by atoms with Gasteiger partial charge in [0.15, 0.2) is 5.76 Å². The van der Waals surface area contributed by atoms with Crippen LogP contribution in [0.5, 0.6) is 11.5 Å². The lowest BCUT2D eigenvalue weighted by Crippen LogP contribution is -1.92. The highest BCUT2D eigenvalue weighted by atomic mass is 16.5. The van der Waals surface area contributed by atoms with Crippen LogP contribution in [-0.2, 0) is 0 Å². The molecular formula is C19H16O4. The predicted octanol–water partition coefficient (Wildman–Crippen LogP) is 4.35. The molecule has 2 aromatic carbocycles. The van der Waals surface area contributed by atoms with Crippen LogP contribution in [0.4, 0.5) is 0 Å². The zero-order valence-corrected chi connectivity index (χ0v) is 12.9. The number of rotatable bonds is 5. The summed E-state index contributed by atoms with van der Waals surface area (Å²) < 4.78 is 16.0. The van der Waals surface area contributed by atoms with E-state index in [2.05, 4.69) is 0 Å². The average Bonchev–Trinajstić information content (AvgIpc) is 3.03. The Bertz CT molecular complexity index is 841. The van der Waals surface area contributed by atoms with E-state index in [-0.39, 0.29) is 5.78 Å². The second-order valence-corrected chi connectivity index (χ2v) is 4.95. The first-order chi connectivity index (χ1) is 11.2. The molecule has 0 spiro atoms. The van der Waals surface area contributed by atoms with Crippen LogP contribution in [-0.4, -0.2) is 20.0 Å². The number of hydrogen-bond acceptors (Lipinski definition) is 4. The second kappa shape index (κ2) is 6.40. The topological polar surface area (TPSA) is 48.7 Å². The minimum Gasteiger partial charge on any atom is -0.497 e. The van der Waals surface area contributed by atoms with Crippen molar-refractivity contribution in [1.29, 1.82) is 0 Å². The molecule has 4 heteroatoms. The summed E-state index contributed by atoms with van der Waals surface area (Å²) in [5.74, 6) is 1.45. The fourth-order valence-corrected chi connectivity index (χ4v) is 2.31. The van der Waals surface area contributed by atoms with Gasteiger partial charge in [0, 0.05) is 17.0 Å². The Morgan fingerprint density at radius 2 is 1.87 bits per heavy atom. The molecule has 4 nitrogen and oxygen atoms in total. The van der Waals surface area contributed by atoms with Crippen molar-refractivity contribution in [3.63, 3.8) is 0 Å². The lowest BCUT2D eigenvalue weighted by atomic mass is 10.1. The van der Waals surface area contributed by atoms with Gasteiger partial charge in [0.25, 0.3) is 0 Å². The van der Waals surface area contributed by atoms with Crippen molar-refractivity contribution in [3.8, 4) is 11.5 Å². The number of fused-ring (bicyclic) bond motifs is 1. The maximum Gasteiger partial charge on any atom is 0.221 e. The Balaban J connectivity index is 1.85. The summed E-state index contributed by atoms with van der Waals surface area (Å²) in [4.78, 5) is 12.3. The van der Waals surface area contributed by atoms with E-state index in [1.54, 1.807) is 32.4 Å². The van der Waals surface area contributed by atoms with Gasteiger partial charge in [-0.2, -0.15) is 0 Å². The number of methoxy groups -OCH3 is 2. The molecule has 0 unspecified atom stereocenters.